The minimum absolute atomic E-state index is 0.645. The molecular formula is C14H18N6S. The van der Waals surface area contributed by atoms with Crippen LogP contribution in [0.1, 0.15) is 24.1 Å². The lowest BCUT2D eigenvalue weighted by molar-refractivity contribution is 0.424. The van der Waals surface area contributed by atoms with Gasteiger partial charge < -0.3 is 10.2 Å². The van der Waals surface area contributed by atoms with Crippen LogP contribution in [0.2, 0.25) is 0 Å². The molecule has 0 bridgehead atoms. The van der Waals surface area contributed by atoms with Crippen molar-refractivity contribution in [3.8, 4) is 0 Å². The van der Waals surface area contributed by atoms with Crippen LogP contribution in [0.25, 0.3) is 0 Å². The van der Waals surface area contributed by atoms with Gasteiger partial charge in [0.2, 0.25) is 5.13 Å². The van der Waals surface area contributed by atoms with Gasteiger partial charge in [0.1, 0.15) is 5.51 Å². The number of aromatic nitrogens is 4. The van der Waals surface area contributed by atoms with Crippen LogP contribution in [0.5, 0.6) is 0 Å². The van der Waals surface area contributed by atoms with Crippen molar-refractivity contribution in [2.24, 2.45) is 5.92 Å². The summed E-state index contributed by atoms with van der Waals surface area (Å²) < 4.78 is 0. The molecule has 0 unspecified atom stereocenters. The van der Waals surface area contributed by atoms with E-state index in [-0.39, 0.29) is 0 Å². The zero-order valence-corrected chi connectivity index (χ0v) is 12.6. The summed E-state index contributed by atoms with van der Waals surface area (Å²) in [6, 6.07) is 2.25. The quantitative estimate of drug-likeness (QED) is 0.928. The summed E-state index contributed by atoms with van der Waals surface area (Å²) in [5.74, 6) is 1.69. The Morgan fingerprint density at radius 2 is 2.10 bits per heavy atom. The highest BCUT2D eigenvalue weighted by molar-refractivity contribution is 7.13. The van der Waals surface area contributed by atoms with Crippen molar-refractivity contribution >= 4 is 22.3 Å². The SMILES string of the molecule is c1nnc(NCC2CN(c3cc4c(nn3)CCCC4)C2)s1. The molecule has 1 N–H and O–H groups in total. The first-order valence-electron chi connectivity index (χ1n) is 7.49. The molecule has 2 aromatic rings. The molecule has 3 heterocycles. The van der Waals surface area contributed by atoms with E-state index in [4.69, 9.17) is 0 Å². The van der Waals surface area contributed by atoms with Crippen LogP contribution in [0.15, 0.2) is 11.6 Å². The van der Waals surface area contributed by atoms with E-state index in [0.29, 0.717) is 5.92 Å². The van der Waals surface area contributed by atoms with Gasteiger partial charge in [-0.25, -0.2) is 0 Å². The van der Waals surface area contributed by atoms with Gasteiger partial charge in [-0.05, 0) is 37.3 Å². The first-order chi connectivity index (χ1) is 10.4. The molecule has 0 aromatic carbocycles. The molecule has 2 aromatic heterocycles. The molecule has 2 aliphatic rings. The van der Waals surface area contributed by atoms with E-state index >= 15 is 0 Å². The van der Waals surface area contributed by atoms with Crippen molar-refractivity contribution in [2.75, 3.05) is 29.9 Å². The molecule has 6 nitrogen and oxygen atoms in total. The Hall–Kier alpha value is -1.76. The van der Waals surface area contributed by atoms with E-state index in [1.807, 2.05) is 0 Å². The Balaban J connectivity index is 1.33. The Kier molecular flexibility index (Phi) is 3.42. The maximum atomic E-state index is 4.41. The molecule has 0 spiro atoms. The summed E-state index contributed by atoms with van der Waals surface area (Å²) in [5, 5.41) is 20.9. The molecule has 0 atom stereocenters. The maximum absolute atomic E-state index is 4.41. The molecule has 0 radical (unpaired) electrons. The molecule has 0 amide bonds. The fourth-order valence-electron chi connectivity index (χ4n) is 3.00. The van der Waals surface area contributed by atoms with Crippen molar-refractivity contribution in [1.82, 2.24) is 20.4 Å². The Morgan fingerprint density at radius 1 is 1.19 bits per heavy atom. The zero-order valence-electron chi connectivity index (χ0n) is 11.8. The molecule has 1 aliphatic carbocycles. The number of nitrogens with zero attached hydrogens (tertiary/aromatic N) is 5. The average Bonchev–Trinajstić information content (AvgIpc) is 2.99. The zero-order chi connectivity index (χ0) is 14.1. The van der Waals surface area contributed by atoms with Crippen molar-refractivity contribution in [3.05, 3.63) is 22.8 Å². The maximum Gasteiger partial charge on any atom is 0.205 e. The van der Waals surface area contributed by atoms with Gasteiger partial charge in [-0.15, -0.1) is 15.3 Å². The molecule has 1 aliphatic heterocycles. The summed E-state index contributed by atoms with van der Waals surface area (Å²) in [4.78, 5) is 2.31. The lowest BCUT2D eigenvalue weighted by Crippen LogP contribution is -2.50. The number of fused-ring (bicyclic) bond motifs is 1. The Bertz CT molecular complexity index is 608. The third-order valence-corrected chi connectivity index (χ3v) is 4.89. The van der Waals surface area contributed by atoms with E-state index in [0.717, 1.165) is 43.4 Å². The number of nitrogens with one attached hydrogen (secondary N) is 1. The normalized spacial score (nSPS) is 18.2. The third kappa shape index (κ3) is 2.70. The summed E-state index contributed by atoms with van der Waals surface area (Å²) >= 11 is 1.54. The van der Waals surface area contributed by atoms with Gasteiger partial charge >= 0.3 is 0 Å². The highest BCUT2D eigenvalue weighted by Crippen LogP contribution is 2.27. The second-order valence-electron chi connectivity index (χ2n) is 5.78. The molecule has 1 fully saturated rings. The van der Waals surface area contributed by atoms with Crippen LogP contribution in [-0.2, 0) is 12.8 Å². The van der Waals surface area contributed by atoms with Crippen LogP contribution in [-0.4, -0.2) is 40.0 Å². The summed E-state index contributed by atoms with van der Waals surface area (Å²) in [6.45, 7) is 3.03. The fourth-order valence-corrected chi connectivity index (χ4v) is 3.46. The second-order valence-corrected chi connectivity index (χ2v) is 6.61. The highest BCUT2D eigenvalue weighted by Gasteiger charge is 2.28. The van der Waals surface area contributed by atoms with Crippen molar-refractivity contribution in [1.29, 1.82) is 0 Å². The number of hydrogen-bond acceptors (Lipinski definition) is 7. The number of rotatable bonds is 4. The van der Waals surface area contributed by atoms with Crippen LogP contribution >= 0.6 is 11.3 Å². The van der Waals surface area contributed by atoms with E-state index in [1.54, 1.807) is 16.8 Å². The van der Waals surface area contributed by atoms with Gasteiger partial charge in [0.15, 0.2) is 5.82 Å². The van der Waals surface area contributed by atoms with E-state index < -0.39 is 0 Å². The average molecular weight is 302 g/mol. The van der Waals surface area contributed by atoms with Gasteiger partial charge in [0, 0.05) is 25.6 Å². The summed E-state index contributed by atoms with van der Waals surface area (Å²) in [6.07, 6.45) is 4.79. The standard InChI is InChI=1S/C14H18N6S/c1-2-4-12-11(3-1)5-13(18-17-12)20-7-10(8-20)6-15-14-19-16-9-21-14/h5,9-10H,1-4,6-8H2,(H,15,19). The van der Waals surface area contributed by atoms with E-state index in [9.17, 15) is 0 Å². The molecule has 7 heteroatoms. The van der Waals surface area contributed by atoms with Crippen LogP contribution in [0.3, 0.4) is 0 Å². The molecule has 4 rings (SSSR count). The van der Waals surface area contributed by atoms with Crippen LogP contribution in [0, 0.1) is 5.92 Å². The lowest BCUT2D eigenvalue weighted by atomic mass is 9.95. The molecule has 21 heavy (non-hydrogen) atoms. The van der Waals surface area contributed by atoms with Gasteiger partial charge in [-0.1, -0.05) is 11.3 Å². The monoisotopic (exact) mass is 302 g/mol. The van der Waals surface area contributed by atoms with Crippen LogP contribution < -0.4 is 10.2 Å². The van der Waals surface area contributed by atoms with Crippen molar-refractivity contribution < 1.29 is 0 Å². The molecule has 110 valence electrons. The fraction of sp³-hybridized carbons (Fsp3) is 0.571. The molecule has 1 saturated heterocycles. The lowest BCUT2D eigenvalue weighted by Gasteiger charge is -2.40. The molecular weight excluding hydrogens is 284 g/mol. The first-order valence-corrected chi connectivity index (χ1v) is 8.37. The summed E-state index contributed by atoms with van der Waals surface area (Å²) in [5.41, 5.74) is 4.36. The minimum atomic E-state index is 0.645. The van der Waals surface area contributed by atoms with Crippen LogP contribution in [0.4, 0.5) is 10.9 Å². The van der Waals surface area contributed by atoms with Gasteiger partial charge in [-0.3, -0.25) is 0 Å². The predicted octanol–water partition coefficient (Wildman–Crippen LogP) is 1.76. The van der Waals surface area contributed by atoms with Gasteiger partial charge in [-0.2, -0.15) is 5.10 Å². The second kappa shape index (κ2) is 5.55. The van der Waals surface area contributed by atoms with Gasteiger partial charge in [0.05, 0.1) is 5.69 Å². The van der Waals surface area contributed by atoms with Crippen molar-refractivity contribution in [3.63, 3.8) is 0 Å². The highest BCUT2D eigenvalue weighted by atomic mass is 32.1. The van der Waals surface area contributed by atoms with Gasteiger partial charge in [0.25, 0.3) is 0 Å². The number of aryl methyl sites for hydroxylation is 2. The number of anilines is 2. The number of hydrogen-bond donors (Lipinski definition) is 1. The predicted molar refractivity (Wildman–Crippen MR) is 82.8 cm³/mol. The molecule has 0 saturated carbocycles. The van der Waals surface area contributed by atoms with E-state index in [2.05, 4.69) is 36.7 Å². The third-order valence-electron chi connectivity index (χ3n) is 4.24. The largest absolute Gasteiger partial charge is 0.360 e. The minimum Gasteiger partial charge on any atom is -0.360 e. The topological polar surface area (TPSA) is 66.8 Å². The van der Waals surface area contributed by atoms with Crippen molar-refractivity contribution in [2.45, 2.75) is 25.7 Å². The Morgan fingerprint density at radius 3 is 2.95 bits per heavy atom. The summed E-state index contributed by atoms with van der Waals surface area (Å²) in [7, 11) is 0. The Labute approximate surface area is 127 Å². The smallest absolute Gasteiger partial charge is 0.205 e. The first kappa shape index (κ1) is 12.9. The van der Waals surface area contributed by atoms with E-state index in [1.165, 1.54) is 24.1 Å².